The fraction of sp³-hybridized carbons (Fsp3) is 0.500. The highest BCUT2D eigenvalue weighted by Crippen LogP contribution is 2.32. The van der Waals surface area contributed by atoms with E-state index in [1.807, 2.05) is 0 Å². The van der Waals surface area contributed by atoms with E-state index in [-0.39, 0.29) is 5.56 Å². The maximum absolute atomic E-state index is 12.4. The van der Waals surface area contributed by atoms with Crippen LogP contribution in [0.4, 0.5) is 0 Å². The van der Waals surface area contributed by atoms with Crippen molar-refractivity contribution in [2.75, 3.05) is 19.9 Å². The fourth-order valence-electron chi connectivity index (χ4n) is 3.09. The lowest BCUT2D eigenvalue weighted by atomic mass is 9.81. The van der Waals surface area contributed by atoms with E-state index in [4.69, 9.17) is 4.74 Å². The molecule has 0 radical (unpaired) electrons. The Kier molecular flexibility index (Phi) is 6.32. The molecule has 6 nitrogen and oxygen atoms in total. The molecule has 0 aliphatic heterocycles. The third kappa shape index (κ3) is 4.26. The Morgan fingerprint density at radius 3 is 2.52 bits per heavy atom. The molecule has 7 heteroatoms. The van der Waals surface area contributed by atoms with Crippen LogP contribution in [0.2, 0.25) is 0 Å². The average molecular weight is 362 g/mol. The van der Waals surface area contributed by atoms with Gasteiger partial charge in [0.15, 0.2) is 6.61 Å². The summed E-state index contributed by atoms with van der Waals surface area (Å²) < 4.78 is 16.8. The van der Waals surface area contributed by atoms with E-state index in [0.717, 1.165) is 19.3 Å². The molecule has 0 bridgehead atoms. The summed E-state index contributed by atoms with van der Waals surface area (Å²) in [5, 5.41) is 9.53. The van der Waals surface area contributed by atoms with E-state index >= 15 is 0 Å². The maximum Gasteiger partial charge on any atom is 0.339 e. The zero-order chi connectivity index (χ0) is 18.4. The van der Waals surface area contributed by atoms with Gasteiger partial charge in [-0.3, -0.25) is 9.00 Å². The Labute approximate surface area is 150 Å². The minimum absolute atomic E-state index is 0.187. The lowest BCUT2D eigenvalue weighted by Gasteiger charge is -2.38. The van der Waals surface area contributed by atoms with Gasteiger partial charge in [0.2, 0.25) is 0 Å². The Bertz CT molecular complexity index is 720. The number of nitrogens with zero attached hydrogens (tertiary/aromatic N) is 2. The van der Waals surface area contributed by atoms with Crippen molar-refractivity contribution in [3.63, 3.8) is 0 Å². The molecule has 2 rings (SSSR count). The highest BCUT2D eigenvalue weighted by Gasteiger charge is 2.39. The van der Waals surface area contributed by atoms with Crippen molar-refractivity contribution >= 4 is 22.7 Å². The van der Waals surface area contributed by atoms with Gasteiger partial charge in [0.1, 0.15) is 5.54 Å². The van der Waals surface area contributed by atoms with Gasteiger partial charge in [0, 0.05) is 13.3 Å². The number of benzene rings is 1. The number of carbonyl (C=O) groups is 2. The summed E-state index contributed by atoms with van der Waals surface area (Å²) in [6.45, 7) is -0.441. The Balaban J connectivity index is 2.03. The van der Waals surface area contributed by atoms with Crippen LogP contribution in [-0.4, -0.2) is 46.4 Å². The molecule has 25 heavy (non-hydrogen) atoms. The summed E-state index contributed by atoms with van der Waals surface area (Å²) in [6.07, 6.45) is 5.62. The third-order valence-corrected chi connectivity index (χ3v) is 5.62. The third-order valence-electron chi connectivity index (χ3n) is 4.65. The number of hydrogen-bond donors (Lipinski definition) is 0. The van der Waals surface area contributed by atoms with Crippen molar-refractivity contribution in [2.24, 2.45) is 0 Å². The van der Waals surface area contributed by atoms with Gasteiger partial charge in [-0.05, 0) is 25.0 Å². The number of carbonyl (C=O) groups excluding carboxylic acids is 2. The van der Waals surface area contributed by atoms with Gasteiger partial charge < -0.3 is 9.64 Å². The van der Waals surface area contributed by atoms with Crippen LogP contribution in [0.5, 0.6) is 0 Å². The molecule has 0 unspecified atom stereocenters. The molecular formula is C18H22N2O4S. The van der Waals surface area contributed by atoms with Gasteiger partial charge in [0.25, 0.3) is 5.91 Å². The predicted molar refractivity (Wildman–Crippen MR) is 93.3 cm³/mol. The summed E-state index contributed by atoms with van der Waals surface area (Å²) in [5.74, 6) is -1.10. The molecular weight excluding hydrogens is 340 g/mol. The molecule has 0 N–H and O–H groups in total. The first-order chi connectivity index (χ1) is 11.9. The Morgan fingerprint density at radius 2 is 1.92 bits per heavy atom. The lowest BCUT2D eigenvalue weighted by molar-refractivity contribution is -0.138. The molecule has 0 saturated heterocycles. The van der Waals surface area contributed by atoms with Crippen LogP contribution in [0.25, 0.3) is 0 Å². The fourth-order valence-corrected chi connectivity index (χ4v) is 3.82. The van der Waals surface area contributed by atoms with Crippen molar-refractivity contribution in [3.05, 3.63) is 29.8 Å². The summed E-state index contributed by atoms with van der Waals surface area (Å²) in [5.41, 5.74) is -0.628. The van der Waals surface area contributed by atoms with Crippen molar-refractivity contribution in [3.8, 4) is 6.07 Å². The number of likely N-dealkylation sites (N-methyl/N-ethyl adjacent to an activating group) is 1. The van der Waals surface area contributed by atoms with Gasteiger partial charge >= 0.3 is 5.97 Å². The minimum atomic E-state index is -1.34. The van der Waals surface area contributed by atoms with Gasteiger partial charge in [-0.15, -0.1) is 0 Å². The van der Waals surface area contributed by atoms with Crippen LogP contribution in [0.1, 0.15) is 42.5 Å². The molecule has 134 valence electrons. The van der Waals surface area contributed by atoms with Crippen LogP contribution < -0.4 is 0 Å². The molecule has 1 amide bonds. The molecule has 1 aromatic rings. The van der Waals surface area contributed by atoms with Crippen molar-refractivity contribution in [1.82, 2.24) is 4.90 Å². The summed E-state index contributed by atoms with van der Waals surface area (Å²) in [4.78, 5) is 26.4. The Hall–Kier alpha value is -2.20. The highest BCUT2D eigenvalue weighted by molar-refractivity contribution is 7.84. The lowest BCUT2D eigenvalue weighted by Crippen LogP contribution is -2.51. The quantitative estimate of drug-likeness (QED) is 0.750. The molecule has 1 saturated carbocycles. The largest absolute Gasteiger partial charge is 0.452 e. The van der Waals surface area contributed by atoms with E-state index in [1.54, 1.807) is 25.2 Å². The van der Waals surface area contributed by atoms with Crippen molar-refractivity contribution in [2.45, 2.75) is 42.5 Å². The number of nitriles is 1. The number of amides is 1. The molecule has 1 fully saturated rings. The van der Waals surface area contributed by atoms with Crippen molar-refractivity contribution < 1.29 is 18.5 Å². The van der Waals surface area contributed by atoms with Crippen LogP contribution in [0.3, 0.4) is 0 Å². The summed E-state index contributed by atoms with van der Waals surface area (Å²) >= 11 is 0. The second kappa shape index (κ2) is 8.26. The smallest absolute Gasteiger partial charge is 0.339 e. The molecule has 1 aromatic carbocycles. The van der Waals surface area contributed by atoms with Gasteiger partial charge in [-0.2, -0.15) is 5.26 Å². The van der Waals surface area contributed by atoms with E-state index in [1.165, 1.54) is 17.2 Å². The number of ether oxygens (including phenoxy) is 1. The van der Waals surface area contributed by atoms with Crippen LogP contribution in [-0.2, 0) is 20.3 Å². The zero-order valence-corrected chi connectivity index (χ0v) is 15.3. The van der Waals surface area contributed by atoms with Crippen LogP contribution in [0, 0.1) is 11.3 Å². The molecule has 0 aromatic heterocycles. The van der Waals surface area contributed by atoms with Crippen LogP contribution in [0.15, 0.2) is 29.2 Å². The van der Waals surface area contributed by atoms with Crippen molar-refractivity contribution in [1.29, 1.82) is 5.26 Å². The molecule has 1 atom stereocenters. The predicted octanol–water partition coefficient (Wildman–Crippen LogP) is 2.27. The monoisotopic (exact) mass is 362 g/mol. The Morgan fingerprint density at radius 1 is 1.28 bits per heavy atom. The highest BCUT2D eigenvalue weighted by atomic mass is 32.2. The first kappa shape index (κ1) is 19.1. The summed E-state index contributed by atoms with van der Waals surface area (Å²) in [7, 11) is 0.248. The van der Waals surface area contributed by atoms with E-state index in [9.17, 15) is 19.1 Å². The first-order valence-electron chi connectivity index (χ1n) is 8.19. The summed E-state index contributed by atoms with van der Waals surface area (Å²) in [6, 6.07) is 8.71. The van der Waals surface area contributed by atoms with E-state index in [2.05, 4.69) is 6.07 Å². The number of hydrogen-bond acceptors (Lipinski definition) is 5. The van der Waals surface area contributed by atoms with Gasteiger partial charge in [-0.1, -0.05) is 31.4 Å². The number of rotatable bonds is 5. The SMILES string of the molecule is CN(C(=O)COC(=O)c1ccccc1[S@](C)=O)C1(C#N)CCCCC1. The molecule has 0 spiro atoms. The second-order valence-electron chi connectivity index (χ2n) is 6.18. The van der Waals surface area contributed by atoms with Gasteiger partial charge in [0.05, 0.1) is 27.3 Å². The molecule has 1 aliphatic carbocycles. The normalized spacial score (nSPS) is 17.2. The topological polar surface area (TPSA) is 87.5 Å². The average Bonchev–Trinajstić information content (AvgIpc) is 2.65. The minimum Gasteiger partial charge on any atom is -0.452 e. The van der Waals surface area contributed by atoms with E-state index < -0.39 is 34.8 Å². The zero-order valence-electron chi connectivity index (χ0n) is 14.5. The first-order valence-corrected chi connectivity index (χ1v) is 9.74. The second-order valence-corrected chi connectivity index (χ2v) is 7.53. The van der Waals surface area contributed by atoms with Crippen LogP contribution >= 0.6 is 0 Å². The number of esters is 1. The standard InChI is InChI=1S/C18H22N2O4S/c1-20(18(13-19)10-6-3-7-11-18)16(21)12-24-17(22)14-8-4-5-9-15(14)25(2)23/h4-5,8-9H,3,6-7,10-12H2,1-2H3/t25-/m0/s1. The molecule has 0 heterocycles. The maximum atomic E-state index is 12.4. The van der Waals surface area contributed by atoms with E-state index in [0.29, 0.717) is 17.7 Å². The van der Waals surface area contributed by atoms with Gasteiger partial charge in [-0.25, -0.2) is 4.79 Å². The molecule has 1 aliphatic rings.